The molecule has 47 heavy (non-hydrogen) atoms. The second kappa shape index (κ2) is 20.3. The summed E-state index contributed by atoms with van der Waals surface area (Å²) in [5.74, 6) is 1.56. The minimum atomic E-state index is -0.171. The SMILES string of the molecule is CCCC(NC(=O)C=Cc1cccc(Br)n1)c1ccc(OCCOCCOCCNC(=O)CCCC[C@@H]2SC[C@@H]3NC(=O)N[C@@H]32)cc1. The highest BCUT2D eigenvalue weighted by Gasteiger charge is 2.42. The number of unbranched alkanes of at least 4 members (excludes halogenated alkanes) is 1. The fraction of sp³-hybridized carbons (Fsp3) is 0.529. The number of carbonyl (C=O) groups excluding carboxylic acids is 3. The van der Waals surface area contributed by atoms with Gasteiger partial charge in [-0.15, -0.1) is 0 Å². The Bertz CT molecular complexity index is 1320. The van der Waals surface area contributed by atoms with E-state index in [0.29, 0.717) is 56.9 Å². The summed E-state index contributed by atoms with van der Waals surface area (Å²) >= 11 is 5.24. The highest BCUT2D eigenvalue weighted by Crippen LogP contribution is 2.33. The van der Waals surface area contributed by atoms with Crippen LogP contribution in [0.2, 0.25) is 0 Å². The predicted molar refractivity (Wildman–Crippen MR) is 187 cm³/mol. The molecule has 2 aromatic rings. The fourth-order valence-corrected chi connectivity index (χ4v) is 7.37. The Kier molecular flexibility index (Phi) is 15.8. The standard InChI is InChI=1S/C34H46BrN5O6S/c1-2-6-27(38-32(42)16-13-25-7-5-9-30(35)37-25)24-11-14-26(15-12-24)46-22-21-45-20-19-44-18-17-36-31(41)10-4-3-8-29-33-28(23-47-29)39-34(43)40-33/h5,7,9,11-16,27-29,33H,2-4,6,8,10,17-23H2,1H3,(H,36,41)(H,38,42)(H2,39,40,43)/t27?,28-,29-,33-/m0/s1. The lowest BCUT2D eigenvalue weighted by Crippen LogP contribution is -2.36. The van der Waals surface area contributed by atoms with Crippen LogP contribution in [0.1, 0.15) is 62.7 Å². The summed E-state index contributed by atoms with van der Waals surface area (Å²) in [7, 11) is 0. The summed E-state index contributed by atoms with van der Waals surface area (Å²) in [6.45, 7) is 4.72. The van der Waals surface area contributed by atoms with Crippen molar-refractivity contribution < 1.29 is 28.6 Å². The Labute approximate surface area is 289 Å². The van der Waals surface area contributed by atoms with Crippen molar-refractivity contribution in [2.75, 3.05) is 45.3 Å². The van der Waals surface area contributed by atoms with Crippen LogP contribution < -0.4 is 26.0 Å². The number of urea groups is 1. The van der Waals surface area contributed by atoms with Crippen molar-refractivity contribution >= 4 is 51.6 Å². The quantitative estimate of drug-likeness (QED) is 0.0624. The number of carbonyl (C=O) groups is 3. The number of aromatic nitrogens is 1. The van der Waals surface area contributed by atoms with E-state index < -0.39 is 0 Å². The molecular formula is C34H46BrN5O6S. The topological polar surface area (TPSA) is 140 Å². The Balaban J connectivity index is 0.987. The van der Waals surface area contributed by atoms with Gasteiger partial charge in [-0.05, 0) is 71.1 Å². The predicted octanol–water partition coefficient (Wildman–Crippen LogP) is 4.77. The fourth-order valence-electron chi connectivity index (χ4n) is 5.47. The third kappa shape index (κ3) is 13.1. The lowest BCUT2D eigenvalue weighted by molar-refractivity contribution is -0.121. The monoisotopic (exact) mass is 731 g/mol. The first kappa shape index (κ1) is 36.7. The number of ether oxygens (including phenoxy) is 3. The Morgan fingerprint density at radius 2 is 1.85 bits per heavy atom. The van der Waals surface area contributed by atoms with Crippen LogP contribution in [0.5, 0.6) is 5.75 Å². The van der Waals surface area contributed by atoms with Crippen LogP contribution in [0.15, 0.2) is 53.1 Å². The van der Waals surface area contributed by atoms with E-state index in [1.54, 1.807) is 6.08 Å². The van der Waals surface area contributed by atoms with Gasteiger partial charge in [-0.1, -0.05) is 38.0 Å². The highest BCUT2D eigenvalue weighted by molar-refractivity contribution is 9.10. The largest absolute Gasteiger partial charge is 0.491 e. The van der Waals surface area contributed by atoms with Crippen LogP contribution in [0, 0.1) is 0 Å². The van der Waals surface area contributed by atoms with E-state index in [9.17, 15) is 14.4 Å². The summed E-state index contributed by atoms with van der Waals surface area (Å²) < 4.78 is 17.7. The number of fused-ring (bicyclic) bond motifs is 1. The number of rotatable bonds is 21. The lowest BCUT2D eigenvalue weighted by atomic mass is 10.0. The van der Waals surface area contributed by atoms with E-state index in [4.69, 9.17) is 14.2 Å². The molecule has 4 N–H and O–H groups in total. The van der Waals surface area contributed by atoms with Crippen LogP contribution in [0.25, 0.3) is 6.08 Å². The first-order chi connectivity index (χ1) is 22.9. The van der Waals surface area contributed by atoms with Crippen LogP contribution in [0.4, 0.5) is 4.79 Å². The normalized spacial score (nSPS) is 19.2. The average Bonchev–Trinajstić information content (AvgIpc) is 3.62. The Morgan fingerprint density at radius 1 is 1.06 bits per heavy atom. The zero-order valence-electron chi connectivity index (χ0n) is 26.9. The molecule has 2 fully saturated rings. The first-order valence-electron chi connectivity index (χ1n) is 16.4. The number of thioether (sulfide) groups is 1. The summed E-state index contributed by atoms with van der Waals surface area (Å²) in [6, 6.07) is 13.6. The first-order valence-corrected chi connectivity index (χ1v) is 18.2. The van der Waals surface area contributed by atoms with Gasteiger partial charge in [-0.2, -0.15) is 11.8 Å². The summed E-state index contributed by atoms with van der Waals surface area (Å²) in [5, 5.41) is 12.4. The molecule has 4 rings (SSSR count). The van der Waals surface area contributed by atoms with Gasteiger partial charge in [0.1, 0.15) is 17.0 Å². The van der Waals surface area contributed by atoms with Crippen molar-refractivity contribution in [3.05, 3.63) is 64.4 Å². The zero-order valence-corrected chi connectivity index (χ0v) is 29.3. The molecule has 2 saturated heterocycles. The minimum absolute atomic E-state index is 0.0378. The molecule has 11 nitrogen and oxygen atoms in total. The van der Waals surface area contributed by atoms with Crippen molar-refractivity contribution in [2.24, 2.45) is 0 Å². The molecule has 4 amide bonds. The third-order valence-electron chi connectivity index (χ3n) is 7.84. The molecular weight excluding hydrogens is 686 g/mol. The third-order valence-corrected chi connectivity index (χ3v) is 9.79. The van der Waals surface area contributed by atoms with Crippen LogP contribution in [-0.2, 0) is 19.1 Å². The van der Waals surface area contributed by atoms with Gasteiger partial charge in [0.25, 0.3) is 0 Å². The van der Waals surface area contributed by atoms with Gasteiger partial charge in [-0.3, -0.25) is 9.59 Å². The number of amides is 4. The summed E-state index contributed by atoms with van der Waals surface area (Å²) in [5.41, 5.74) is 1.72. The van der Waals surface area contributed by atoms with E-state index in [-0.39, 0.29) is 36.0 Å². The van der Waals surface area contributed by atoms with Gasteiger partial charge in [0.2, 0.25) is 11.8 Å². The Hall–Kier alpha value is -3.13. The van der Waals surface area contributed by atoms with Crippen molar-refractivity contribution in [1.82, 2.24) is 26.3 Å². The summed E-state index contributed by atoms with van der Waals surface area (Å²) in [4.78, 5) is 40.4. The van der Waals surface area contributed by atoms with Crippen molar-refractivity contribution in [3.63, 3.8) is 0 Å². The number of benzene rings is 1. The van der Waals surface area contributed by atoms with Gasteiger partial charge in [0, 0.05) is 30.0 Å². The van der Waals surface area contributed by atoms with Crippen LogP contribution in [0.3, 0.4) is 0 Å². The maximum Gasteiger partial charge on any atom is 0.315 e. The number of halogens is 1. The van der Waals surface area contributed by atoms with E-state index in [0.717, 1.165) is 53.8 Å². The number of hydrogen-bond acceptors (Lipinski definition) is 8. The van der Waals surface area contributed by atoms with Crippen LogP contribution >= 0.6 is 27.7 Å². The molecule has 0 radical (unpaired) electrons. The minimum Gasteiger partial charge on any atom is -0.491 e. The Morgan fingerprint density at radius 3 is 2.64 bits per heavy atom. The maximum atomic E-state index is 12.6. The number of pyridine rings is 1. The second-order valence-electron chi connectivity index (χ2n) is 11.4. The van der Waals surface area contributed by atoms with Gasteiger partial charge in [0.05, 0.1) is 50.2 Å². The maximum absolute atomic E-state index is 12.6. The molecule has 0 bridgehead atoms. The average molecular weight is 733 g/mol. The molecule has 1 aromatic heterocycles. The molecule has 2 aliphatic rings. The molecule has 1 aromatic carbocycles. The molecule has 0 saturated carbocycles. The van der Waals surface area contributed by atoms with E-state index in [2.05, 4.69) is 49.1 Å². The smallest absolute Gasteiger partial charge is 0.315 e. The second-order valence-corrected chi connectivity index (χ2v) is 13.5. The van der Waals surface area contributed by atoms with Crippen molar-refractivity contribution in [2.45, 2.75) is 68.8 Å². The number of nitrogens with zero attached hydrogens (tertiary/aromatic N) is 1. The molecule has 3 heterocycles. The van der Waals surface area contributed by atoms with Crippen molar-refractivity contribution in [3.8, 4) is 5.75 Å². The van der Waals surface area contributed by atoms with E-state index in [1.165, 1.54) is 6.08 Å². The molecule has 2 aliphatic heterocycles. The molecule has 4 atom stereocenters. The summed E-state index contributed by atoms with van der Waals surface area (Å²) in [6.07, 6.45) is 8.26. The van der Waals surface area contributed by atoms with Crippen molar-refractivity contribution in [1.29, 1.82) is 0 Å². The van der Waals surface area contributed by atoms with E-state index >= 15 is 0 Å². The lowest BCUT2D eigenvalue weighted by Gasteiger charge is -2.18. The van der Waals surface area contributed by atoms with Crippen LogP contribution in [-0.4, -0.2) is 85.5 Å². The number of nitrogens with one attached hydrogen (secondary N) is 4. The molecule has 1 unspecified atom stereocenters. The van der Waals surface area contributed by atoms with Gasteiger partial charge in [0.15, 0.2) is 0 Å². The zero-order chi connectivity index (χ0) is 33.3. The van der Waals surface area contributed by atoms with Gasteiger partial charge in [-0.25, -0.2) is 9.78 Å². The van der Waals surface area contributed by atoms with Gasteiger partial charge < -0.3 is 35.5 Å². The molecule has 0 aliphatic carbocycles. The van der Waals surface area contributed by atoms with Gasteiger partial charge >= 0.3 is 6.03 Å². The molecule has 13 heteroatoms. The molecule has 256 valence electrons. The highest BCUT2D eigenvalue weighted by atomic mass is 79.9. The number of hydrogen-bond donors (Lipinski definition) is 4. The molecule has 0 spiro atoms. The van der Waals surface area contributed by atoms with E-state index in [1.807, 2.05) is 54.2 Å².